The molecule has 0 saturated carbocycles. The van der Waals surface area contributed by atoms with Crippen molar-refractivity contribution in [1.29, 1.82) is 0 Å². The predicted octanol–water partition coefficient (Wildman–Crippen LogP) is -0.416. The normalized spacial score (nSPS) is 14.8. The van der Waals surface area contributed by atoms with E-state index in [0.717, 1.165) is 0 Å². The van der Waals surface area contributed by atoms with Crippen molar-refractivity contribution in [3.63, 3.8) is 0 Å². The van der Waals surface area contributed by atoms with E-state index < -0.39 is 24.3 Å². The van der Waals surface area contributed by atoms with Crippen LogP contribution in [0, 0.1) is 5.92 Å². The molecular weight excluding hydrogens is 532 g/mol. The molecule has 222 valence electrons. The van der Waals surface area contributed by atoms with Crippen LogP contribution in [0.5, 0.6) is 0 Å². The van der Waals surface area contributed by atoms with Crippen molar-refractivity contribution < 1.29 is 33.6 Å². The van der Waals surface area contributed by atoms with Gasteiger partial charge in [0.2, 0.25) is 35.4 Å². The lowest BCUT2D eigenvalue weighted by molar-refractivity contribution is -0.139. The number of likely N-dealkylation sites (N-methyl/N-ethyl adjacent to an activating group) is 1. The van der Waals surface area contributed by atoms with Gasteiger partial charge in [-0.15, -0.1) is 0 Å². The first-order valence-electron chi connectivity index (χ1n) is 13.6. The monoisotopic (exact) mass is 570 g/mol. The molecule has 1 fully saturated rings. The van der Waals surface area contributed by atoms with Gasteiger partial charge < -0.3 is 26.6 Å². The minimum absolute atomic E-state index is 0.110. The average molecular weight is 571 g/mol. The average Bonchev–Trinajstić information content (AvgIpc) is 3.19. The van der Waals surface area contributed by atoms with Crippen LogP contribution in [0.15, 0.2) is 36.0 Å². The molecule has 7 amide bonds. The van der Waals surface area contributed by atoms with Crippen molar-refractivity contribution in [3.8, 4) is 0 Å². The van der Waals surface area contributed by atoms with Crippen molar-refractivity contribution in [2.24, 2.45) is 5.92 Å². The van der Waals surface area contributed by atoms with E-state index in [-0.39, 0.29) is 61.2 Å². The van der Waals surface area contributed by atoms with E-state index in [4.69, 9.17) is 0 Å². The maximum absolute atomic E-state index is 12.6. The fourth-order valence-corrected chi connectivity index (χ4v) is 3.91. The Kier molecular flexibility index (Phi) is 13.7. The molecule has 0 radical (unpaired) electrons. The number of likely N-dealkylation sites (tertiary alicyclic amines) is 1. The van der Waals surface area contributed by atoms with Crippen LogP contribution in [0.1, 0.15) is 51.5 Å². The zero-order valence-corrected chi connectivity index (χ0v) is 23.4. The summed E-state index contributed by atoms with van der Waals surface area (Å²) in [7, 11) is 0. The largest absolute Gasteiger partial charge is 0.355 e. The summed E-state index contributed by atoms with van der Waals surface area (Å²) in [5, 5.41) is 12.3. The van der Waals surface area contributed by atoms with Gasteiger partial charge in [0.15, 0.2) is 0 Å². The van der Waals surface area contributed by atoms with Gasteiger partial charge in [-0.2, -0.15) is 0 Å². The van der Waals surface area contributed by atoms with Crippen LogP contribution >= 0.6 is 0 Å². The zero-order valence-electron chi connectivity index (χ0n) is 23.4. The lowest BCUT2D eigenvalue weighted by Gasteiger charge is -2.13. The second kappa shape index (κ2) is 17.2. The minimum atomic E-state index is -0.680. The Morgan fingerprint density at radius 3 is 2.12 bits per heavy atom. The fraction of sp³-hybridized carbons (Fsp3) is 0.464. The van der Waals surface area contributed by atoms with Crippen LogP contribution < -0.4 is 26.6 Å². The summed E-state index contributed by atoms with van der Waals surface area (Å²) in [6.45, 7) is 3.16. The smallest absolute Gasteiger partial charge is 0.268 e. The summed E-state index contributed by atoms with van der Waals surface area (Å²) < 4.78 is 0. The highest BCUT2D eigenvalue weighted by molar-refractivity contribution is 6.04. The lowest BCUT2D eigenvalue weighted by Crippen LogP contribution is -2.44. The zero-order chi connectivity index (χ0) is 30.2. The first kappa shape index (κ1) is 32.7. The number of amides is 7. The predicted molar refractivity (Wildman–Crippen MR) is 149 cm³/mol. The van der Waals surface area contributed by atoms with Crippen LogP contribution in [-0.2, 0) is 33.6 Å². The van der Waals surface area contributed by atoms with Crippen LogP contribution in [0.25, 0.3) is 6.08 Å². The number of rotatable bonds is 16. The summed E-state index contributed by atoms with van der Waals surface area (Å²) in [4.78, 5) is 85.8. The Balaban J connectivity index is 1.71. The number of nitrogens with zero attached hydrogens (tertiary/aromatic N) is 1. The summed E-state index contributed by atoms with van der Waals surface area (Å²) in [6, 6.07) is 8.76. The molecule has 1 aliphatic rings. The maximum atomic E-state index is 12.6. The molecule has 2 rings (SSSR count). The molecule has 0 bridgehead atoms. The molecule has 1 aliphatic heterocycles. The van der Waals surface area contributed by atoms with Gasteiger partial charge in [0.25, 0.3) is 5.91 Å². The van der Waals surface area contributed by atoms with Crippen molar-refractivity contribution in [3.05, 3.63) is 41.6 Å². The maximum Gasteiger partial charge on any atom is 0.268 e. The Labute approximate surface area is 238 Å². The van der Waals surface area contributed by atoms with E-state index in [2.05, 4.69) is 26.6 Å². The topological polar surface area (TPSA) is 183 Å². The molecule has 13 nitrogen and oxygen atoms in total. The lowest BCUT2D eigenvalue weighted by atomic mass is 10.1. The van der Waals surface area contributed by atoms with Crippen molar-refractivity contribution in [2.45, 2.75) is 46.0 Å². The summed E-state index contributed by atoms with van der Waals surface area (Å²) in [5.41, 5.74) is 0.524. The summed E-state index contributed by atoms with van der Waals surface area (Å²) in [5.74, 6) is -3.28. The van der Waals surface area contributed by atoms with Crippen LogP contribution in [0.4, 0.5) is 0 Å². The quantitative estimate of drug-likeness (QED) is 0.102. The van der Waals surface area contributed by atoms with Crippen molar-refractivity contribution in [2.75, 3.05) is 32.7 Å². The van der Waals surface area contributed by atoms with E-state index in [0.29, 0.717) is 37.9 Å². The SMILES string of the molecule is CCNC(=O)CNC(=O)/C(=C\c1ccccc1)NC(=O)CNC(=O)CNC(=O)CCCCCN1C(=O)CC(C)C1=O. The van der Waals surface area contributed by atoms with Gasteiger partial charge in [0.1, 0.15) is 5.70 Å². The van der Waals surface area contributed by atoms with Gasteiger partial charge in [-0.1, -0.05) is 43.7 Å². The molecule has 1 atom stereocenters. The third-order valence-electron chi connectivity index (χ3n) is 6.06. The third kappa shape index (κ3) is 12.0. The second-order valence-electron chi connectivity index (χ2n) is 9.51. The first-order valence-corrected chi connectivity index (χ1v) is 13.6. The number of carbonyl (C=O) groups is 7. The summed E-state index contributed by atoms with van der Waals surface area (Å²) in [6.07, 6.45) is 3.61. The number of nitrogens with one attached hydrogen (secondary N) is 5. The Morgan fingerprint density at radius 2 is 1.46 bits per heavy atom. The highest BCUT2D eigenvalue weighted by Gasteiger charge is 2.34. The molecule has 1 aromatic carbocycles. The van der Waals surface area contributed by atoms with Gasteiger partial charge in [-0.25, -0.2) is 0 Å². The molecule has 13 heteroatoms. The van der Waals surface area contributed by atoms with Crippen LogP contribution in [-0.4, -0.2) is 79.0 Å². The fourth-order valence-electron chi connectivity index (χ4n) is 3.91. The number of imide groups is 1. The van der Waals surface area contributed by atoms with Gasteiger partial charge in [0, 0.05) is 31.8 Å². The Bertz CT molecular complexity index is 1150. The highest BCUT2D eigenvalue weighted by atomic mass is 16.2. The van der Waals surface area contributed by atoms with E-state index in [1.54, 1.807) is 44.2 Å². The van der Waals surface area contributed by atoms with E-state index in [1.165, 1.54) is 11.0 Å². The van der Waals surface area contributed by atoms with Gasteiger partial charge in [0.05, 0.1) is 19.6 Å². The molecule has 0 spiro atoms. The molecule has 0 aliphatic carbocycles. The number of hydrogen-bond acceptors (Lipinski definition) is 7. The Hall–Kier alpha value is -4.55. The molecular formula is C28H38N6O7. The highest BCUT2D eigenvalue weighted by Crippen LogP contribution is 2.19. The second-order valence-corrected chi connectivity index (χ2v) is 9.51. The van der Waals surface area contributed by atoms with Gasteiger partial charge >= 0.3 is 0 Å². The van der Waals surface area contributed by atoms with Gasteiger partial charge in [-0.05, 0) is 31.4 Å². The van der Waals surface area contributed by atoms with Crippen LogP contribution in [0.2, 0.25) is 0 Å². The standard InChI is InChI=1S/C28H38N6O7/c1-3-29-23(36)17-32-27(40)21(15-20-10-6-4-7-11-20)33-25(38)18-31-24(37)16-30-22(35)12-8-5-9-13-34-26(39)14-19(2)28(34)41/h4,6-7,10-11,15,19H,3,5,8-9,12-14,16-18H2,1-2H3,(H,29,36)(H,30,35)(H,31,37)(H,32,40)(H,33,38)/b21-15+. The first-order chi connectivity index (χ1) is 19.6. The molecule has 1 heterocycles. The minimum Gasteiger partial charge on any atom is -0.355 e. The summed E-state index contributed by atoms with van der Waals surface area (Å²) >= 11 is 0. The molecule has 0 aromatic heterocycles. The molecule has 1 saturated heterocycles. The molecule has 1 aromatic rings. The Morgan fingerprint density at radius 1 is 0.829 bits per heavy atom. The molecule has 5 N–H and O–H groups in total. The molecule has 1 unspecified atom stereocenters. The van der Waals surface area contributed by atoms with Crippen LogP contribution in [0.3, 0.4) is 0 Å². The van der Waals surface area contributed by atoms with E-state index in [9.17, 15) is 33.6 Å². The number of hydrogen-bond donors (Lipinski definition) is 5. The number of benzene rings is 1. The number of unbranched alkanes of at least 4 members (excludes halogenated alkanes) is 2. The van der Waals surface area contributed by atoms with Gasteiger partial charge in [-0.3, -0.25) is 38.5 Å². The molecule has 41 heavy (non-hydrogen) atoms. The third-order valence-corrected chi connectivity index (χ3v) is 6.06. The van der Waals surface area contributed by atoms with E-state index in [1.807, 2.05) is 0 Å². The van der Waals surface area contributed by atoms with Crippen molar-refractivity contribution in [1.82, 2.24) is 31.5 Å². The van der Waals surface area contributed by atoms with E-state index >= 15 is 0 Å². The number of carbonyl (C=O) groups excluding carboxylic acids is 7. The van der Waals surface area contributed by atoms with Crippen molar-refractivity contribution >= 4 is 47.4 Å².